The standard InChI is InChI=1S/C18H24FN3O3/c1-11(16(24)12-5-7-13(19)8-6-12)20-14(23)9-10-15-21-17(22-25-15)18(2,3)4/h5-8,11,16,24H,9-10H2,1-4H3,(H,20,23). The number of aliphatic hydroxyl groups excluding tert-OH is 1. The second-order valence-corrected chi connectivity index (χ2v) is 7.11. The minimum absolute atomic E-state index is 0.173. The summed E-state index contributed by atoms with van der Waals surface area (Å²) in [6, 6.07) is 5.03. The average Bonchev–Trinajstić information content (AvgIpc) is 3.02. The van der Waals surface area contributed by atoms with Crippen molar-refractivity contribution in [1.82, 2.24) is 15.5 Å². The first-order valence-corrected chi connectivity index (χ1v) is 8.23. The van der Waals surface area contributed by atoms with Gasteiger partial charge in [0.15, 0.2) is 5.82 Å². The number of carbonyl (C=O) groups excluding carboxylic acids is 1. The number of nitrogens with one attached hydrogen (secondary N) is 1. The van der Waals surface area contributed by atoms with Crippen molar-refractivity contribution in [3.05, 3.63) is 47.4 Å². The number of rotatable bonds is 6. The van der Waals surface area contributed by atoms with Gasteiger partial charge in [0.25, 0.3) is 0 Å². The maximum Gasteiger partial charge on any atom is 0.227 e. The van der Waals surface area contributed by atoms with E-state index in [1.807, 2.05) is 20.8 Å². The van der Waals surface area contributed by atoms with Crippen LogP contribution in [0, 0.1) is 5.82 Å². The summed E-state index contributed by atoms with van der Waals surface area (Å²) >= 11 is 0. The van der Waals surface area contributed by atoms with Crippen molar-refractivity contribution in [2.75, 3.05) is 0 Å². The third kappa shape index (κ3) is 5.35. The zero-order chi connectivity index (χ0) is 18.6. The van der Waals surface area contributed by atoms with Gasteiger partial charge in [0.1, 0.15) is 5.82 Å². The van der Waals surface area contributed by atoms with Crippen LogP contribution in [0.1, 0.15) is 57.5 Å². The molecule has 25 heavy (non-hydrogen) atoms. The van der Waals surface area contributed by atoms with Crippen molar-refractivity contribution < 1.29 is 18.8 Å². The van der Waals surface area contributed by atoms with E-state index in [1.165, 1.54) is 24.3 Å². The SMILES string of the molecule is CC(NC(=O)CCc1nc(C(C)(C)C)no1)C(O)c1ccc(F)cc1. The minimum atomic E-state index is -0.916. The number of aliphatic hydroxyl groups is 1. The predicted octanol–water partition coefficient (Wildman–Crippen LogP) is 2.68. The fraction of sp³-hybridized carbons (Fsp3) is 0.500. The molecule has 0 aliphatic heterocycles. The maximum atomic E-state index is 12.9. The lowest BCUT2D eigenvalue weighted by atomic mass is 9.96. The number of hydrogen-bond acceptors (Lipinski definition) is 5. The zero-order valence-electron chi connectivity index (χ0n) is 14.9. The van der Waals surface area contributed by atoms with E-state index >= 15 is 0 Å². The third-order valence-electron chi connectivity index (χ3n) is 3.78. The van der Waals surface area contributed by atoms with Crippen LogP contribution in [0.3, 0.4) is 0 Å². The average molecular weight is 349 g/mol. The van der Waals surface area contributed by atoms with Gasteiger partial charge in [-0.15, -0.1) is 0 Å². The molecule has 0 bridgehead atoms. The van der Waals surface area contributed by atoms with E-state index < -0.39 is 12.1 Å². The molecule has 1 aromatic heterocycles. The van der Waals surface area contributed by atoms with Crippen molar-refractivity contribution in [1.29, 1.82) is 0 Å². The Kier molecular flexibility index (Phi) is 5.89. The molecule has 0 fully saturated rings. The summed E-state index contributed by atoms with van der Waals surface area (Å²) in [6.45, 7) is 7.63. The lowest BCUT2D eigenvalue weighted by Crippen LogP contribution is -2.37. The third-order valence-corrected chi connectivity index (χ3v) is 3.78. The first kappa shape index (κ1) is 19.1. The largest absolute Gasteiger partial charge is 0.386 e. The van der Waals surface area contributed by atoms with Crippen LogP contribution >= 0.6 is 0 Å². The normalized spacial score (nSPS) is 14.2. The molecule has 7 heteroatoms. The van der Waals surface area contributed by atoms with E-state index in [1.54, 1.807) is 6.92 Å². The Labute approximate surface area is 146 Å². The molecule has 2 rings (SSSR count). The molecule has 2 unspecified atom stereocenters. The van der Waals surface area contributed by atoms with E-state index in [9.17, 15) is 14.3 Å². The summed E-state index contributed by atoms with van der Waals surface area (Å²) in [7, 11) is 0. The van der Waals surface area contributed by atoms with Gasteiger partial charge in [0, 0.05) is 18.3 Å². The van der Waals surface area contributed by atoms with E-state index in [0.29, 0.717) is 23.7 Å². The second-order valence-electron chi connectivity index (χ2n) is 7.11. The molecule has 1 heterocycles. The Balaban J connectivity index is 1.85. The van der Waals surface area contributed by atoms with E-state index in [-0.39, 0.29) is 23.6 Å². The van der Waals surface area contributed by atoms with Crippen molar-refractivity contribution in [2.24, 2.45) is 0 Å². The van der Waals surface area contributed by atoms with Crippen LogP contribution in [-0.2, 0) is 16.6 Å². The van der Waals surface area contributed by atoms with Gasteiger partial charge in [-0.2, -0.15) is 4.98 Å². The Morgan fingerprint density at radius 2 is 1.96 bits per heavy atom. The van der Waals surface area contributed by atoms with Crippen LogP contribution in [-0.4, -0.2) is 27.2 Å². The highest BCUT2D eigenvalue weighted by Gasteiger charge is 2.22. The number of nitrogens with zero attached hydrogens (tertiary/aromatic N) is 2. The summed E-state index contributed by atoms with van der Waals surface area (Å²) in [5.41, 5.74) is 0.332. The quantitative estimate of drug-likeness (QED) is 0.837. The van der Waals surface area contributed by atoms with Crippen molar-refractivity contribution in [3.8, 4) is 0 Å². The predicted molar refractivity (Wildman–Crippen MR) is 90.3 cm³/mol. The van der Waals surface area contributed by atoms with Crippen molar-refractivity contribution in [3.63, 3.8) is 0 Å². The molecular weight excluding hydrogens is 325 g/mol. The van der Waals surface area contributed by atoms with Crippen LogP contribution in [0.25, 0.3) is 0 Å². The summed E-state index contributed by atoms with van der Waals surface area (Å²) in [6.07, 6.45) is -0.416. The van der Waals surface area contributed by atoms with Gasteiger partial charge in [-0.25, -0.2) is 4.39 Å². The van der Waals surface area contributed by atoms with E-state index in [0.717, 1.165) is 0 Å². The first-order chi connectivity index (χ1) is 11.7. The summed E-state index contributed by atoms with van der Waals surface area (Å²) < 4.78 is 18.1. The Hall–Kier alpha value is -2.28. The number of halogens is 1. The number of benzene rings is 1. The molecule has 136 valence electrons. The van der Waals surface area contributed by atoms with Crippen molar-refractivity contribution >= 4 is 5.91 Å². The Morgan fingerprint density at radius 1 is 1.32 bits per heavy atom. The molecule has 0 radical (unpaired) electrons. The molecule has 0 aliphatic carbocycles. The van der Waals surface area contributed by atoms with E-state index in [2.05, 4.69) is 15.5 Å². The van der Waals surface area contributed by atoms with Gasteiger partial charge < -0.3 is 14.9 Å². The summed E-state index contributed by atoms with van der Waals surface area (Å²) in [5.74, 6) is 0.404. The van der Waals surface area contributed by atoms with Gasteiger partial charge in [-0.05, 0) is 24.6 Å². The molecule has 2 aromatic rings. The van der Waals surface area contributed by atoms with Crippen LogP contribution in [0.5, 0.6) is 0 Å². The molecule has 0 aliphatic rings. The molecule has 1 amide bonds. The summed E-state index contributed by atoms with van der Waals surface area (Å²) in [4.78, 5) is 16.3. The Morgan fingerprint density at radius 3 is 2.52 bits per heavy atom. The molecule has 0 saturated heterocycles. The fourth-order valence-electron chi connectivity index (χ4n) is 2.24. The van der Waals surface area contributed by atoms with Gasteiger partial charge in [-0.3, -0.25) is 4.79 Å². The highest BCUT2D eigenvalue weighted by Crippen LogP contribution is 2.19. The zero-order valence-corrected chi connectivity index (χ0v) is 14.9. The first-order valence-electron chi connectivity index (χ1n) is 8.23. The molecule has 1 aromatic carbocycles. The second kappa shape index (κ2) is 7.74. The molecule has 2 atom stereocenters. The Bertz CT molecular complexity index is 707. The lowest BCUT2D eigenvalue weighted by molar-refractivity contribution is -0.122. The maximum absolute atomic E-state index is 12.9. The number of aryl methyl sites for hydroxylation is 1. The van der Waals surface area contributed by atoms with Crippen LogP contribution in [0.15, 0.2) is 28.8 Å². The molecule has 6 nitrogen and oxygen atoms in total. The molecule has 0 saturated carbocycles. The molecular formula is C18H24FN3O3. The van der Waals surface area contributed by atoms with Crippen LogP contribution in [0.2, 0.25) is 0 Å². The van der Waals surface area contributed by atoms with Gasteiger partial charge in [0.05, 0.1) is 12.1 Å². The topological polar surface area (TPSA) is 88.3 Å². The summed E-state index contributed by atoms with van der Waals surface area (Å²) in [5, 5.41) is 16.9. The highest BCUT2D eigenvalue weighted by atomic mass is 19.1. The lowest BCUT2D eigenvalue weighted by Gasteiger charge is -2.20. The van der Waals surface area contributed by atoms with Crippen LogP contribution < -0.4 is 5.32 Å². The molecule has 0 spiro atoms. The van der Waals surface area contributed by atoms with Gasteiger partial charge >= 0.3 is 0 Å². The van der Waals surface area contributed by atoms with Gasteiger partial charge in [-0.1, -0.05) is 38.1 Å². The highest BCUT2D eigenvalue weighted by molar-refractivity contribution is 5.76. The fourth-order valence-corrected chi connectivity index (χ4v) is 2.24. The minimum Gasteiger partial charge on any atom is -0.386 e. The smallest absolute Gasteiger partial charge is 0.227 e. The molecule has 2 N–H and O–H groups in total. The number of hydrogen-bond donors (Lipinski definition) is 2. The number of carbonyl (C=O) groups is 1. The van der Waals surface area contributed by atoms with E-state index in [4.69, 9.17) is 4.52 Å². The van der Waals surface area contributed by atoms with Gasteiger partial charge in [0.2, 0.25) is 11.8 Å². The number of amides is 1. The van der Waals surface area contributed by atoms with Crippen LogP contribution in [0.4, 0.5) is 4.39 Å². The van der Waals surface area contributed by atoms with Crippen molar-refractivity contribution in [2.45, 2.75) is 58.1 Å². The monoisotopic (exact) mass is 349 g/mol. The number of aromatic nitrogens is 2.